The third-order valence-corrected chi connectivity index (χ3v) is 3.66. The first-order valence-corrected chi connectivity index (χ1v) is 6.27. The molecule has 0 aliphatic carbocycles. The Bertz CT molecular complexity index is 200. The van der Waals surface area contributed by atoms with Crippen LogP contribution in [0.1, 0.15) is 27.2 Å². The van der Waals surface area contributed by atoms with E-state index in [0.717, 1.165) is 25.0 Å². The van der Waals surface area contributed by atoms with Crippen molar-refractivity contribution in [1.82, 2.24) is 10.2 Å². The van der Waals surface area contributed by atoms with Gasteiger partial charge in [-0.05, 0) is 39.3 Å². The minimum Gasteiger partial charge on any atom is -0.373 e. The van der Waals surface area contributed by atoms with Crippen LogP contribution in [-0.4, -0.2) is 49.3 Å². The van der Waals surface area contributed by atoms with Crippen LogP contribution in [0.3, 0.4) is 0 Å². The summed E-state index contributed by atoms with van der Waals surface area (Å²) in [4.78, 5) is 2.64. The second kappa shape index (κ2) is 4.81. The summed E-state index contributed by atoms with van der Waals surface area (Å²) in [5, 5.41) is 3.47. The molecule has 0 aromatic rings. The molecule has 2 aliphatic heterocycles. The van der Waals surface area contributed by atoms with Crippen LogP contribution in [0.25, 0.3) is 0 Å². The van der Waals surface area contributed by atoms with Gasteiger partial charge in [0.2, 0.25) is 0 Å². The summed E-state index contributed by atoms with van der Waals surface area (Å²) in [5.41, 5.74) is 0. The number of nitrogens with one attached hydrogen (secondary N) is 1. The highest BCUT2D eigenvalue weighted by Crippen LogP contribution is 2.22. The molecule has 3 heteroatoms. The molecule has 4 atom stereocenters. The summed E-state index contributed by atoms with van der Waals surface area (Å²) in [6.07, 6.45) is 2.09. The molecule has 0 bridgehead atoms. The molecule has 0 aromatic carbocycles. The van der Waals surface area contributed by atoms with E-state index in [1.54, 1.807) is 0 Å². The lowest BCUT2D eigenvalue weighted by molar-refractivity contribution is -0.0890. The van der Waals surface area contributed by atoms with Gasteiger partial charge in [0.05, 0.1) is 12.2 Å². The predicted molar refractivity (Wildman–Crippen MR) is 62.0 cm³/mol. The van der Waals surface area contributed by atoms with E-state index in [4.69, 9.17) is 4.74 Å². The fourth-order valence-corrected chi connectivity index (χ4v) is 3.03. The molecular weight excluding hydrogens is 188 g/mol. The standard InChI is InChI=1S/C12H24N2O/c1-9-6-13-5-4-12(9)14-7-10(2)15-11(3)8-14/h9-13H,4-8H2,1-3H3/t9?,10-,11+,12?. The summed E-state index contributed by atoms with van der Waals surface area (Å²) >= 11 is 0. The van der Waals surface area contributed by atoms with Crippen molar-refractivity contribution >= 4 is 0 Å². The van der Waals surface area contributed by atoms with Gasteiger partial charge in [0.25, 0.3) is 0 Å². The molecule has 2 unspecified atom stereocenters. The van der Waals surface area contributed by atoms with E-state index in [1.165, 1.54) is 19.5 Å². The molecule has 2 heterocycles. The van der Waals surface area contributed by atoms with Gasteiger partial charge in [-0.1, -0.05) is 6.92 Å². The number of piperidine rings is 1. The molecule has 2 fully saturated rings. The average Bonchev–Trinajstić information content (AvgIpc) is 2.16. The van der Waals surface area contributed by atoms with Gasteiger partial charge in [-0.15, -0.1) is 0 Å². The van der Waals surface area contributed by atoms with Gasteiger partial charge in [0.1, 0.15) is 0 Å². The van der Waals surface area contributed by atoms with Gasteiger partial charge >= 0.3 is 0 Å². The Balaban J connectivity index is 1.95. The van der Waals surface area contributed by atoms with Crippen molar-refractivity contribution in [2.75, 3.05) is 26.2 Å². The highest BCUT2D eigenvalue weighted by atomic mass is 16.5. The SMILES string of the molecule is CC1CNCCC1N1C[C@@H](C)O[C@@H](C)C1. The highest BCUT2D eigenvalue weighted by Gasteiger charge is 2.32. The van der Waals surface area contributed by atoms with E-state index >= 15 is 0 Å². The zero-order chi connectivity index (χ0) is 10.8. The Hall–Kier alpha value is -0.120. The van der Waals surface area contributed by atoms with Gasteiger partial charge in [0, 0.05) is 19.1 Å². The molecule has 88 valence electrons. The summed E-state index contributed by atoms with van der Waals surface area (Å²) < 4.78 is 5.79. The predicted octanol–water partition coefficient (Wildman–Crippen LogP) is 1.09. The maximum atomic E-state index is 5.79. The normalized spacial score (nSPS) is 44.2. The third-order valence-electron chi connectivity index (χ3n) is 3.66. The van der Waals surface area contributed by atoms with E-state index in [9.17, 15) is 0 Å². The number of nitrogens with zero attached hydrogens (tertiary/aromatic N) is 1. The zero-order valence-electron chi connectivity index (χ0n) is 10.2. The van der Waals surface area contributed by atoms with Crippen molar-refractivity contribution in [3.8, 4) is 0 Å². The van der Waals surface area contributed by atoms with Crippen molar-refractivity contribution in [2.45, 2.75) is 45.4 Å². The van der Waals surface area contributed by atoms with Gasteiger partial charge in [0.15, 0.2) is 0 Å². The Morgan fingerprint density at radius 2 is 1.80 bits per heavy atom. The maximum Gasteiger partial charge on any atom is 0.0678 e. The first-order chi connectivity index (χ1) is 7.16. The largest absolute Gasteiger partial charge is 0.373 e. The summed E-state index contributed by atoms with van der Waals surface area (Å²) in [6, 6.07) is 0.764. The van der Waals surface area contributed by atoms with E-state index in [1.807, 2.05) is 0 Å². The Labute approximate surface area is 93.2 Å². The van der Waals surface area contributed by atoms with E-state index in [0.29, 0.717) is 12.2 Å². The van der Waals surface area contributed by atoms with Crippen LogP contribution in [0.4, 0.5) is 0 Å². The van der Waals surface area contributed by atoms with Gasteiger partial charge < -0.3 is 10.1 Å². The van der Waals surface area contributed by atoms with Crippen LogP contribution in [0.5, 0.6) is 0 Å². The van der Waals surface area contributed by atoms with E-state index < -0.39 is 0 Å². The smallest absolute Gasteiger partial charge is 0.0678 e. The quantitative estimate of drug-likeness (QED) is 0.704. The van der Waals surface area contributed by atoms with Crippen molar-refractivity contribution < 1.29 is 4.74 Å². The lowest BCUT2D eigenvalue weighted by Crippen LogP contribution is -2.55. The average molecular weight is 212 g/mol. The van der Waals surface area contributed by atoms with Crippen LogP contribution in [0.2, 0.25) is 0 Å². The molecule has 0 saturated carbocycles. The van der Waals surface area contributed by atoms with Gasteiger partial charge in [-0.2, -0.15) is 0 Å². The summed E-state index contributed by atoms with van der Waals surface area (Å²) in [6.45, 7) is 11.3. The van der Waals surface area contributed by atoms with Gasteiger partial charge in [-0.3, -0.25) is 4.90 Å². The second-order valence-corrected chi connectivity index (χ2v) is 5.25. The van der Waals surface area contributed by atoms with Crippen molar-refractivity contribution in [2.24, 2.45) is 5.92 Å². The van der Waals surface area contributed by atoms with Crippen molar-refractivity contribution in [3.05, 3.63) is 0 Å². The summed E-state index contributed by atoms with van der Waals surface area (Å²) in [7, 11) is 0. The highest BCUT2D eigenvalue weighted by molar-refractivity contribution is 4.86. The molecular formula is C12H24N2O. The molecule has 0 amide bonds. The van der Waals surface area contributed by atoms with Crippen LogP contribution in [0, 0.1) is 5.92 Å². The van der Waals surface area contributed by atoms with E-state index in [-0.39, 0.29) is 0 Å². The topological polar surface area (TPSA) is 24.5 Å². The number of morpholine rings is 1. The molecule has 2 rings (SSSR count). The number of rotatable bonds is 1. The molecule has 2 saturated heterocycles. The number of ether oxygens (including phenoxy) is 1. The van der Waals surface area contributed by atoms with Crippen LogP contribution in [-0.2, 0) is 4.74 Å². The number of hydrogen-bond acceptors (Lipinski definition) is 3. The van der Waals surface area contributed by atoms with Crippen molar-refractivity contribution in [3.63, 3.8) is 0 Å². The molecule has 0 aromatic heterocycles. The Morgan fingerprint density at radius 1 is 1.13 bits per heavy atom. The Kier molecular flexibility index (Phi) is 3.65. The minimum atomic E-state index is 0.399. The lowest BCUT2D eigenvalue weighted by Gasteiger charge is -2.44. The van der Waals surface area contributed by atoms with Crippen LogP contribution < -0.4 is 5.32 Å². The fourth-order valence-electron chi connectivity index (χ4n) is 3.03. The minimum absolute atomic E-state index is 0.399. The molecule has 3 nitrogen and oxygen atoms in total. The fraction of sp³-hybridized carbons (Fsp3) is 1.00. The monoisotopic (exact) mass is 212 g/mol. The van der Waals surface area contributed by atoms with Crippen LogP contribution >= 0.6 is 0 Å². The molecule has 0 spiro atoms. The zero-order valence-corrected chi connectivity index (χ0v) is 10.2. The lowest BCUT2D eigenvalue weighted by atomic mass is 9.93. The van der Waals surface area contributed by atoms with E-state index in [2.05, 4.69) is 31.0 Å². The van der Waals surface area contributed by atoms with Gasteiger partial charge in [-0.25, -0.2) is 0 Å². The number of hydrogen-bond donors (Lipinski definition) is 1. The van der Waals surface area contributed by atoms with Crippen LogP contribution in [0.15, 0.2) is 0 Å². The molecule has 1 N–H and O–H groups in total. The molecule has 0 radical (unpaired) electrons. The molecule has 2 aliphatic rings. The third kappa shape index (κ3) is 2.71. The first kappa shape index (κ1) is 11.4. The molecule has 15 heavy (non-hydrogen) atoms. The maximum absolute atomic E-state index is 5.79. The first-order valence-electron chi connectivity index (χ1n) is 6.27. The van der Waals surface area contributed by atoms with Crippen molar-refractivity contribution in [1.29, 1.82) is 0 Å². The summed E-state index contributed by atoms with van der Waals surface area (Å²) in [5.74, 6) is 0.774. The second-order valence-electron chi connectivity index (χ2n) is 5.25. The Morgan fingerprint density at radius 3 is 2.40 bits per heavy atom.